The number of nitrogens with one attached hydrogen (secondary N) is 2. The lowest BCUT2D eigenvalue weighted by Gasteiger charge is -2.41. The van der Waals surface area contributed by atoms with Gasteiger partial charge in [0.1, 0.15) is 30.5 Å². The van der Waals surface area contributed by atoms with Crippen molar-refractivity contribution in [3.05, 3.63) is 29.8 Å². The maximum Gasteiger partial charge on any atom is 0.315 e. The van der Waals surface area contributed by atoms with Crippen molar-refractivity contribution < 1.29 is 38.7 Å². The van der Waals surface area contributed by atoms with Crippen LogP contribution in [0.5, 0.6) is 0 Å². The number of hydrogen-bond acceptors (Lipinski definition) is 8. The molecule has 0 saturated heterocycles. The summed E-state index contributed by atoms with van der Waals surface area (Å²) in [7, 11) is -3.78. The Kier molecular flexibility index (Phi) is 6.75. The Morgan fingerprint density at radius 3 is 1.89 bits per heavy atom. The molecule has 1 aliphatic rings. The number of urea groups is 1. The van der Waals surface area contributed by atoms with Crippen LogP contribution in [0.2, 0.25) is 0 Å². The molecule has 1 aromatic rings. The first-order valence-corrected chi connectivity index (χ1v) is 9.63. The summed E-state index contributed by atoms with van der Waals surface area (Å²) >= 11 is 0. The van der Waals surface area contributed by atoms with Crippen LogP contribution in [-0.2, 0) is 16.4 Å². The second kappa shape index (κ2) is 8.48. The maximum absolute atomic E-state index is 11.9. The third kappa shape index (κ3) is 5.13. The smallest absolute Gasteiger partial charge is 0.315 e. The molecule has 27 heavy (non-hydrogen) atoms. The monoisotopic (exact) mass is 405 g/mol. The highest BCUT2D eigenvalue weighted by atomic mass is 32.2. The Labute approximate surface area is 155 Å². The van der Waals surface area contributed by atoms with Crippen LogP contribution in [0.1, 0.15) is 5.56 Å². The standard InChI is InChI=1S/C15H23N3O8S/c16-27(25,26)8-3-1-7(2-4-8)5-6-17-15(24)18-9-10(19)12(21)14(23)13(22)11(9)20/h1-4,9-14,19-23H,5-6H2,(H2,16,25,26)(H2,17,18,24)/t9?,10-,11+,12+,13-,14?. The molecule has 0 bridgehead atoms. The molecule has 6 atom stereocenters. The molecule has 0 aliphatic heterocycles. The molecule has 0 radical (unpaired) electrons. The average molecular weight is 405 g/mol. The fraction of sp³-hybridized carbons (Fsp3) is 0.533. The van der Waals surface area contributed by atoms with Crippen molar-refractivity contribution in [3.63, 3.8) is 0 Å². The topological polar surface area (TPSA) is 202 Å². The van der Waals surface area contributed by atoms with Crippen molar-refractivity contribution in [2.75, 3.05) is 6.54 Å². The second-order valence-corrected chi connectivity index (χ2v) is 7.88. The summed E-state index contributed by atoms with van der Waals surface area (Å²) < 4.78 is 22.4. The molecule has 0 aromatic heterocycles. The zero-order valence-corrected chi connectivity index (χ0v) is 15.0. The number of aliphatic hydroxyl groups excluding tert-OH is 5. The predicted octanol–water partition coefficient (Wildman–Crippen LogP) is -3.64. The van der Waals surface area contributed by atoms with Crippen molar-refractivity contribution in [2.24, 2.45) is 5.14 Å². The lowest BCUT2D eigenvalue weighted by molar-refractivity contribution is -0.188. The Morgan fingerprint density at radius 1 is 0.926 bits per heavy atom. The van der Waals surface area contributed by atoms with E-state index in [-0.39, 0.29) is 11.4 Å². The summed E-state index contributed by atoms with van der Waals surface area (Å²) in [6.07, 6.45) is -8.18. The van der Waals surface area contributed by atoms with Gasteiger partial charge >= 0.3 is 6.03 Å². The highest BCUT2D eigenvalue weighted by Crippen LogP contribution is 2.21. The summed E-state index contributed by atoms with van der Waals surface area (Å²) in [6.45, 7) is 0.146. The van der Waals surface area contributed by atoms with Gasteiger partial charge in [-0.15, -0.1) is 0 Å². The van der Waals surface area contributed by atoms with Crippen molar-refractivity contribution in [1.82, 2.24) is 10.6 Å². The molecule has 2 unspecified atom stereocenters. The highest BCUT2D eigenvalue weighted by Gasteiger charge is 2.48. The molecule has 1 aliphatic carbocycles. The lowest BCUT2D eigenvalue weighted by atomic mass is 9.83. The fourth-order valence-electron chi connectivity index (χ4n) is 2.77. The van der Waals surface area contributed by atoms with E-state index in [4.69, 9.17) is 5.14 Å². The van der Waals surface area contributed by atoms with Crippen LogP contribution in [0.4, 0.5) is 4.79 Å². The van der Waals surface area contributed by atoms with E-state index in [0.29, 0.717) is 6.42 Å². The SMILES string of the molecule is NS(=O)(=O)c1ccc(CCNC(=O)NC2[C@@H](O)[C@H](O)C(O)[C@H](O)[C@H]2O)cc1. The van der Waals surface area contributed by atoms with Gasteiger partial charge in [-0.3, -0.25) is 0 Å². The molecule has 1 saturated carbocycles. The van der Waals surface area contributed by atoms with Gasteiger partial charge in [0, 0.05) is 6.54 Å². The minimum Gasteiger partial charge on any atom is -0.388 e. The van der Waals surface area contributed by atoms with Gasteiger partial charge in [0.05, 0.1) is 10.9 Å². The van der Waals surface area contributed by atoms with Gasteiger partial charge < -0.3 is 36.2 Å². The molecule has 1 fully saturated rings. The van der Waals surface area contributed by atoms with Crippen LogP contribution >= 0.6 is 0 Å². The van der Waals surface area contributed by atoms with Gasteiger partial charge in [-0.05, 0) is 24.1 Å². The summed E-state index contributed by atoms with van der Waals surface area (Å²) in [4.78, 5) is 11.9. The summed E-state index contributed by atoms with van der Waals surface area (Å²) in [6, 6.07) is 3.62. The zero-order valence-electron chi connectivity index (χ0n) is 14.1. The van der Waals surface area contributed by atoms with E-state index < -0.39 is 52.6 Å². The van der Waals surface area contributed by atoms with Crippen LogP contribution in [0.25, 0.3) is 0 Å². The number of primary sulfonamides is 1. The summed E-state index contributed by atoms with van der Waals surface area (Å²) in [5, 5.41) is 58.2. The number of rotatable bonds is 5. The first kappa shape index (κ1) is 21.5. The van der Waals surface area contributed by atoms with Gasteiger partial charge in [0.2, 0.25) is 10.0 Å². The van der Waals surface area contributed by atoms with E-state index >= 15 is 0 Å². The van der Waals surface area contributed by atoms with E-state index in [1.807, 2.05) is 0 Å². The molecule has 9 N–H and O–H groups in total. The normalized spacial score (nSPS) is 31.3. The molecule has 2 amide bonds. The minimum atomic E-state index is -3.78. The molecule has 152 valence electrons. The molecule has 11 nitrogen and oxygen atoms in total. The van der Waals surface area contributed by atoms with Crippen molar-refractivity contribution in [3.8, 4) is 0 Å². The minimum absolute atomic E-state index is 0.0310. The van der Waals surface area contributed by atoms with E-state index in [1.54, 1.807) is 12.1 Å². The third-order valence-corrected chi connectivity index (χ3v) is 5.31. The summed E-state index contributed by atoms with van der Waals surface area (Å²) in [5.41, 5.74) is 0.731. The van der Waals surface area contributed by atoms with Crippen LogP contribution in [0.15, 0.2) is 29.2 Å². The number of amides is 2. The molecule has 0 spiro atoms. The Morgan fingerprint density at radius 2 is 1.41 bits per heavy atom. The van der Waals surface area contributed by atoms with Crippen molar-refractivity contribution in [2.45, 2.75) is 47.9 Å². The highest BCUT2D eigenvalue weighted by molar-refractivity contribution is 7.89. The molecular formula is C15H23N3O8S. The molecule has 1 aromatic carbocycles. The van der Waals surface area contributed by atoms with Crippen LogP contribution in [-0.4, -0.2) is 83.1 Å². The number of nitrogens with two attached hydrogens (primary N) is 1. The van der Waals surface area contributed by atoms with E-state index in [2.05, 4.69) is 10.6 Å². The largest absolute Gasteiger partial charge is 0.388 e. The van der Waals surface area contributed by atoms with Crippen molar-refractivity contribution >= 4 is 16.1 Å². The molecular weight excluding hydrogens is 382 g/mol. The molecule has 0 heterocycles. The first-order valence-electron chi connectivity index (χ1n) is 8.09. The van der Waals surface area contributed by atoms with Gasteiger partial charge in [-0.2, -0.15) is 0 Å². The van der Waals surface area contributed by atoms with E-state index in [9.17, 15) is 38.7 Å². The first-order chi connectivity index (χ1) is 12.5. The van der Waals surface area contributed by atoms with Crippen molar-refractivity contribution in [1.29, 1.82) is 0 Å². The predicted molar refractivity (Wildman–Crippen MR) is 91.9 cm³/mol. The Balaban J connectivity index is 1.85. The lowest BCUT2D eigenvalue weighted by Crippen LogP contribution is -2.69. The zero-order chi connectivity index (χ0) is 20.4. The van der Waals surface area contributed by atoms with Gasteiger partial charge in [-0.25, -0.2) is 18.4 Å². The number of aliphatic hydroxyl groups is 5. The fourth-order valence-corrected chi connectivity index (χ4v) is 3.29. The number of benzene rings is 1. The van der Waals surface area contributed by atoms with E-state index in [0.717, 1.165) is 5.56 Å². The Bertz CT molecular complexity index is 741. The molecule has 2 rings (SSSR count). The quantitative estimate of drug-likeness (QED) is 0.245. The molecule has 12 heteroatoms. The van der Waals surface area contributed by atoms with Crippen LogP contribution in [0.3, 0.4) is 0 Å². The average Bonchev–Trinajstić information content (AvgIpc) is 2.61. The third-order valence-electron chi connectivity index (χ3n) is 4.38. The number of sulfonamides is 1. The number of hydrogen-bond donors (Lipinski definition) is 8. The second-order valence-electron chi connectivity index (χ2n) is 6.32. The maximum atomic E-state index is 11.9. The number of carbonyl (C=O) groups is 1. The van der Waals surface area contributed by atoms with Gasteiger partial charge in [0.15, 0.2) is 0 Å². The van der Waals surface area contributed by atoms with Crippen LogP contribution in [0, 0.1) is 0 Å². The van der Waals surface area contributed by atoms with Gasteiger partial charge in [0.25, 0.3) is 0 Å². The number of carbonyl (C=O) groups excluding carboxylic acids is 1. The van der Waals surface area contributed by atoms with Gasteiger partial charge in [-0.1, -0.05) is 12.1 Å². The Hall–Kier alpha value is -1.80. The summed E-state index contributed by atoms with van der Waals surface area (Å²) in [5.74, 6) is 0. The van der Waals surface area contributed by atoms with Crippen LogP contribution < -0.4 is 15.8 Å². The van der Waals surface area contributed by atoms with E-state index in [1.165, 1.54) is 12.1 Å².